The first-order valence-corrected chi connectivity index (χ1v) is 7.54. The van der Waals surface area contributed by atoms with E-state index in [0.29, 0.717) is 16.9 Å². The zero-order chi connectivity index (χ0) is 18.5. The summed E-state index contributed by atoms with van der Waals surface area (Å²) in [4.78, 5) is 16.2. The number of benzene rings is 2. The molecule has 2 aromatic carbocycles. The van der Waals surface area contributed by atoms with Gasteiger partial charge in [0.15, 0.2) is 0 Å². The van der Waals surface area contributed by atoms with Gasteiger partial charge in [-0.05, 0) is 42.5 Å². The molecule has 0 aliphatic carbocycles. The van der Waals surface area contributed by atoms with Crippen molar-refractivity contribution in [3.05, 3.63) is 83.7 Å². The van der Waals surface area contributed by atoms with Gasteiger partial charge >= 0.3 is 0 Å². The highest BCUT2D eigenvalue weighted by atomic mass is 19.1. The number of hydrogen-bond donors (Lipinski definition) is 2. The lowest BCUT2D eigenvalue weighted by Gasteiger charge is -2.10. The number of carbonyl (C=O) groups excluding carboxylic acids is 1. The molecule has 1 heterocycles. The fourth-order valence-electron chi connectivity index (χ4n) is 2.23. The minimum Gasteiger partial charge on any atom is -0.354 e. The van der Waals surface area contributed by atoms with Crippen LogP contribution in [0.25, 0.3) is 0 Å². The van der Waals surface area contributed by atoms with E-state index < -0.39 is 23.2 Å². The predicted molar refractivity (Wildman–Crippen MR) is 93.0 cm³/mol. The molecule has 0 bridgehead atoms. The number of carbonyl (C=O) groups is 1. The van der Waals surface area contributed by atoms with Crippen LogP contribution in [0.1, 0.15) is 15.9 Å². The Morgan fingerprint density at radius 2 is 1.69 bits per heavy atom. The lowest BCUT2D eigenvalue weighted by Crippen LogP contribution is -2.14. The van der Waals surface area contributed by atoms with Crippen molar-refractivity contribution in [2.75, 3.05) is 10.6 Å². The van der Waals surface area contributed by atoms with Crippen molar-refractivity contribution in [2.45, 2.75) is 0 Å². The average molecular weight is 350 g/mol. The van der Waals surface area contributed by atoms with Gasteiger partial charge in [-0.3, -0.25) is 9.78 Å². The van der Waals surface area contributed by atoms with E-state index in [1.807, 2.05) is 6.07 Å². The number of pyridine rings is 1. The summed E-state index contributed by atoms with van der Waals surface area (Å²) in [5.41, 5.74) is 1.35. The van der Waals surface area contributed by atoms with E-state index in [0.717, 1.165) is 12.1 Å². The maximum absolute atomic E-state index is 13.6. The Kier molecular flexibility index (Phi) is 4.85. The molecule has 0 saturated carbocycles. The van der Waals surface area contributed by atoms with E-state index >= 15 is 0 Å². The highest BCUT2D eigenvalue weighted by Crippen LogP contribution is 2.21. The number of para-hydroxylation sites is 1. The molecule has 0 aliphatic rings. The van der Waals surface area contributed by atoms with E-state index in [9.17, 15) is 13.6 Å². The predicted octanol–water partition coefficient (Wildman–Crippen LogP) is 4.23. The van der Waals surface area contributed by atoms with Crippen LogP contribution >= 0.6 is 0 Å². The van der Waals surface area contributed by atoms with E-state index in [1.54, 1.807) is 24.3 Å². The van der Waals surface area contributed by atoms with Crippen molar-refractivity contribution in [1.29, 1.82) is 5.26 Å². The number of nitrogens with zero attached hydrogens (tertiary/aromatic N) is 2. The van der Waals surface area contributed by atoms with Crippen molar-refractivity contribution >= 4 is 23.0 Å². The number of halogens is 2. The van der Waals surface area contributed by atoms with Gasteiger partial charge in [-0.2, -0.15) is 5.26 Å². The van der Waals surface area contributed by atoms with Crippen LogP contribution in [0.2, 0.25) is 0 Å². The summed E-state index contributed by atoms with van der Waals surface area (Å²) in [6.45, 7) is 0. The quantitative estimate of drug-likeness (QED) is 0.738. The highest BCUT2D eigenvalue weighted by Gasteiger charge is 2.14. The maximum Gasteiger partial charge on any atom is 0.257 e. The van der Waals surface area contributed by atoms with Gasteiger partial charge in [-0.15, -0.1) is 0 Å². The molecule has 0 radical (unpaired) electrons. The van der Waals surface area contributed by atoms with Crippen molar-refractivity contribution in [3.8, 4) is 6.07 Å². The first kappa shape index (κ1) is 17.0. The third-order valence-electron chi connectivity index (χ3n) is 3.50. The Balaban J connectivity index is 1.78. The fourth-order valence-corrected chi connectivity index (χ4v) is 2.23. The van der Waals surface area contributed by atoms with Gasteiger partial charge in [0.05, 0.1) is 29.1 Å². The Morgan fingerprint density at radius 3 is 2.35 bits per heavy atom. The third-order valence-corrected chi connectivity index (χ3v) is 3.50. The summed E-state index contributed by atoms with van der Waals surface area (Å²) in [5.74, 6) is -2.42. The Bertz CT molecular complexity index is 977. The summed E-state index contributed by atoms with van der Waals surface area (Å²) in [7, 11) is 0. The molecule has 3 rings (SSSR count). The molecular weight excluding hydrogens is 338 g/mol. The molecule has 0 atom stereocenters. The number of amides is 1. The molecule has 128 valence electrons. The van der Waals surface area contributed by atoms with Crippen LogP contribution in [0.5, 0.6) is 0 Å². The molecule has 5 nitrogen and oxygen atoms in total. The number of aromatic nitrogens is 1. The molecule has 0 unspecified atom stereocenters. The Labute approximate surface area is 147 Å². The molecule has 7 heteroatoms. The van der Waals surface area contributed by atoms with E-state index in [1.165, 1.54) is 24.5 Å². The molecule has 26 heavy (non-hydrogen) atoms. The zero-order valence-electron chi connectivity index (χ0n) is 13.3. The number of nitriles is 1. The monoisotopic (exact) mass is 350 g/mol. The summed E-state index contributed by atoms with van der Waals surface area (Å²) in [6.07, 6.45) is 2.79. The molecular formula is C19H12F2N4O. The van der Waals surface area contributed by atoms with Crippen LogP contribution in [-0.4, -0.2) is 10.9 Å². The van der Waals surface area contributed by atoms with Crippen molar-refractivity contribution in [3.63, 3.8) is 0 Å². The molecule has 1 amide bonds. The summed E-state index contributed by atoms with van der Waals surface area (Å²) in [6, 6.07) is 13.6. The lowest BCUT2D eigenvalue weighted by atomic mass is 10.2. The molecule has 2 N–H and O–H groups in total. The molecule has 0 saturated heterocycles. The number of rotatable bonds is 4. The smallest absolute Gasteiger partial charge is 0.257 e. The first-order valence-electron chi connectivity index (χ1n) is 7.54. The second-order valence-electron chi connectivity index (χ2n) is 5.33. The third kappa shape index (κ3) is 3.82. The average Bonchev–Trinajstić information content (AvgIpc) is 2.65. The second-order valence-corrected chi connectivity index (χ2v) is 5.33. The maximum atomic E-state index is 13.6. The van der Waals surface area contributed by atoms with Crippen LogP contribution in [0.3, 0.4) is 0 Å². The second kappa shape index (κ2) is 7.40. The molecule has 0 aliphatic heterocycles. The minimum absolute atomic E-state index is 0.131. The SMILES string of the molecule is N#Cc1ccc(Nc2cncc(C(=O)Nc3c(F)cccc3F)c2)cc1. The Hall–Kier alpha value is -3.79. The minimum atomic E-state index is -0.863. The number of anilines is 3. The summed E-state index contributed by atoms with van der Waals surface area (Å²) in [5, 5.41) is 14.0. The first-order chi connectivity index (χ1) is 12.6. The summed E-state index contributed by atoms with van der Waals surface area (Å²) >= 11 is 0. The van der Waals surface area contributed by atoms with Gasteiger partial charge in [0.2, 0.25) is 0 Å². The van der Waals surface area contributed by atoms with Crippen LogP contribution < -0.4 is 10.6 Å². The standard InChI is InChI=1S/C19H12F2N4O/c20-16-2-1-3-17(21)18(16)25-19(26)13-8-15(11-23-10-13)24-14-6-4-12(9-22)5-7-14/h1-8,10-11,24H,(H,25,26). The van der Waals surface area contributed by atoms with Crippen molar-refractivity contribution < 1.29 is 13.6 Å². The molecule has 0 fully saturated rings. The van der Waals surface area contributed by atoms with Gasteiger partial charge in [0, 0.05) is 11.9 Å². The molecule has 0 spiro atoms. The lowest BCUT2D eigenvalue weighted by molar-refractivity contribution is 0.102. The normalized spacial score (nSPS) is 10.0. The molecule has 3 aromatic rings. The van der Waals surface area contributed by atoms with Crippen LogP contribution in [-0.2, 0) is 0 Å². The van der Waals surface area contributed by atoms with E-state index in [4.69, 9.17) is 5.26 Å². The fraction of sp³-hybridized carbons (Fsp3) is 0. The van der Waals surface area contributed by atoms with Gasteiger partial charge in [0.25, 0.3) is 5.91 Å². The van der Waals surface area contributed by atoms with Gasteiger partial charge in [-0.1, -0.05) is 6.07 Å². The topological polar surface area (TPSA) is 77.8 Å². The van der Waals surface area contributed by atoms with Crippen molar-refractivity contribution in [1.82, 2.24) is 4.98 Å². The summed E-state index contributed by atoms with van der Waals surface area (Å²) < 4.78 is 27.3. The molecule has 1 aromatic heterocycles. The number of nitrogens with one attached hydrogen (secondary N) is 2. The van der Waals surface area contributed by atoms with Crippen LogP contribution in [0.4, 0.5) is 25.8 Å². The Morgan fingerprint density at radius 1 is 1.00 bits per heavy atom. The van der Waals surface area contributed by atoms with Gasteiger partial charge < -0.3 is 10.6 Å². The van der Waals surface area contributed by atoms with Crippen molar-refractivity contribution in [2.24, 2.45) is 0 Å². The van der Waals surface area contributed by atoms with Crippen LogP contribution in [0, 0.1) is 23.0 Å². The van der Waals surface area contributed by atoms with Crippen LogP contribution in [0.15, 0.2) is 60.9 Å². The van der Waals surface area contributed by atoms with E-state index in [-0.39, 0.29) is 5.56 Å². The van der Waals surface area contributed by atoms with Gasteiger partial charge in [0.1, 0.15) is 17.3 Å². The van der Waals surface area contributed by atoms with Gasteiger partial charge in [-0.25, -0.2) is 8.78 Å². The largest absolute Gasteiger partial charge is 0.354 e. The number of hydrogen-bond acceptors (Lipinski definition) is 4. The van der Waals surface area contributed by atoms with E-state index in [2.05, 4.69) is 15.6 Å². The zero-order valence-corrected chi connectivity index (χ0v) is 13.3. The highest BCUT2D eigenvalue weighted by molar-refractivity contribution is 6.04.